The van der Waals surface area contributed by atoms with Crippen molar-refractivity contribution in [3.05, 3.63) is 0 Å². The average molecular weight is 404 g/mol. The van der Waals surface area contributed by atoms with E-state index in [1.165, 1.54) is 0 Å². The van der Waals surface area contributed by atoms with Crippen LogP contribution in [0.4, 0.5) is 51.8 Å². The topological polar surface area (TPSA) is 21.3 Å². The van der Waals surface area contributed by atoms with Gasteiger partial charge in [-0.1, -0.05) is 7.43 Å². The Morgan fingerprint density at radius 3 is 0.783 bits per heavy atom. The summed E-state index contributed by atoms with van der Waals surface area (Å²) in [5.74, 6) is 0. The number of morpholine rings is 1. The third kappa shape index (κ3) is 210. The van der Waals surface area contributed by atoms with Crippen LogP contribution in [0.25, 0.3) is 0 Å². The zero-order valence-electron chi connectivity index (χ0n) is 10.0. The standard InChI is InChI=1S/C4H9NO.CH4.3BF4.K.H/c1-3-6-4-2-5-1;;3*2-1(3,4)5;;/h5H,1-4H2;1H4;;;;;/q;;3*-1;;. The second-order valence-corrected chi connectivity index (χ2v) is 2.85. The molecule has 0 unspecified atom stereocenters. The first kappa shape index (κ1) is 35.1. The Kier molecular flexibility index (Phi) is 27.0. The Morgan fingerprint density at radius 1 is 0.565 bits per heavy atom. The second kappa shape index (κ2) is 17.7. The molecule has 1 heterocycles. The van der Waals surface area contributed by atoms with Gasteiger partial charge in [0, 0.05) is 13.1 Å². The second-order valence-electron chi connectivity index (χ2n) is 2.85. The van der Waals surface area contributed by atoms with Gasteiger partial charge in [-0.15, -0.1) is 0 Å². The first-order chi connectivity index (χ1) is 9.00. The molecular weight excluding hydrogens is 390 g/mol. The third-order valence-electron chi connectivity index (χ3n) is 0.846. The number of hydrogen-bond acceptors (Lipinski definition) is 2. The van der Waals surface area contributed by atoms with Crippen LogP contribution in [0.2, 0.25) is 0 Å². The number of hydrogen-bond donors (Lipinski definition) is 1. The van der Waals surface area contributed by atoms with Crippen LogP contribution < -0.4 is 5.32 Å². The molecule has 0 aromatic rings. The summed E-state index contributed by atoms with van der Waals surface area (Å²) < 4.78 is 122. The van der Waals surface area contributed by atoms with Crippen molar-refractivity contribution >= 4 is 73.1 Å². The minimum absolute atomic E-state index is 0. The maximum absolute atomic E-state index is 9.75. The van der Waals surface area contributed by atoms with Crippen molar-refractivity contribution in [1.29, 1.82) is 0 Å². The monoisotopic (exact) mass is 404 g/mol. The van der Waals surface area contributed by atoms with E-state index in [-0.39, 0.29) is 58.8 Å². The van der Waals surface area contributed by atoms with Crippen molar-refractivity contribution < 1.29 is 56.5 Å². The first-order valence-corrected chi connectivity index (χ1v) is 4.90. The predicted octanol–water partition coefficient (Wildman–Crippen LogP) is 3.49. The number of nitrogens with one attached hydrogen (secondary N) is 1. The van der Waals surface area contributed by atoms with Crippen molar-refractivity contribution in [2.24, 2.45) is 0 Å². The van der Waals surface area contributed by atoms with Gasteiger partial charge >= 0.3 is 73.1 Å². The van der Waals surface area contributed by atoms with Gasteiger partial charge in [0.05, 0.1) is 13.2 Å². The quantitative estimate of drug-likeness (QED) is 0.494. The van der Waals surface area contributed by atoms with E-state index in [2.05, 4.69) is 5.32 Å². The Balaban J connectivity index is -0.0000000612. The van der Waals surface area contributed by atoms with Crippen LogP contribution in [0.3, 0.4) is 0 Å². The fourth-order valence-corrected chi connectivity index (χ4v) is 0.516. The van der Waals surface area contributed by atoms with E-state index in [0.717, 1.165) is 26.3 Å². The van der Waals surface area contributed by atoms with Gasteiger partial charge in [0.25, 0.3) is 0 Å². The van der Waals surface area contributed by atoms with E-state index in [1.54, 1.807) is 0 Å². The fraction of sp³-hybridized carbons (Fsp3) is 1.00. The normalized spacial score (nSPS) is 14.1. The molecule has 0 bridgehead atoms. The molecule has 1 rings (SSSR count). The van der Waals surface area contributed by atoms with Crippen molar-refractivity contribution in [1.82, 2.24) is 5.32 Å². The van der Waals surface area contributed by atoms with E-state index >= 15 is 0 Å². The van der Waals surface area contributed by atoms with Gasteiger partial charge in [-0.3, -0.25) is 0 Å². The third-order valence-corrected chi connectivity index (χ3v) is 0.846. The van der Waals surface area contributed by atoms with Gasteiger partial charge in [-0.25, -0.2) is 0 Å². The fourth-order valence-electron chi connectivity index (χ4n) is 0.516. The summed E-state index contributed by atoms with van der Waals surface area (Å²) in [6.07, 6.45) is 0. The summed E-state index contributed by atoms with van der Waals surface area (Å²) in [5.41, 5.74) is 0. The molecule has 1 aliphatic heterocycles. The van der Waals surface area contributed by atoms with Crippen LogP contribution in [0.5, 0.6) is 0 Å². The van der Waals surface area contributed by atoms with Crippen LogP contribution in [0, 0.1) is 0 Å². The van der Waals surface area contributed by atoms with Crippen molar-refractivity contribution in [2.75, 3.05) is 26.3 Å². The van der Waals surface area contributed by atoms with Crippen LogP contribution in [-0.4, -0.2) is 99.5 Å². The van der Waals surface area contributed by atoms with E-state index in [4.69, 9.17) is 4.74 Å². The first-order valence-electron chi connectivity index (χ1n) is 4.90. The van der Waals surface area contributed by atoms with Crippen molar-refractivity contribution in [3.63, 3.8) is 0 Å². The van der Waals surface area contributed by atoms with Gasteiger partial charge in [0.1, 0.15) is 0 Å². The molecule has 0 saturated carbocycles. The van der Waals surface area contributed by atoms with E-state index in [0.29, 0.717) is 0 Å². The Morgan fingerprint density at radius 2 is 0.739 bits per heavy atom. The molecule has 1 fully saturated rings. The Bertz CT molecular complexity index is 174. The van der Waals surface area contributed by atoms with E-state index in [9.17, 15) is 51.8 Å². The predicted molar refractivity (Wildman–Crippen MR) is 68.1 cm³/mol. The molecule has 0 radical (unpaired) electrons. The molecule has 0 atom stereocenters. The molecule has 2 nitrogen and oxygen atoms in total. The molecular formula is C5H14B3F12KNO-3. The van der Waals surface area contributed by atoms with Gasteiger partial charge in [-0.05, 0) is 0 Å². The van der Waals surface area contributed by atoms with Crippen molar-refractivity contribution in [3.8, 4) is 0 Å². The van der Waals surface area contributed by atoms with E-state index < -0.39 is 21.8 Å². The van der Waals surface area contributed by atoms with E-state index in [1.807, 2.05) is 0 Å². The van der Waals surface area contributed by atoms with Crippen molar-refractivity contribution in [2.45, 2.75) is 7.43 Å². The van der Waals surface area contributed by atoms with Crippen LogP contribution in [0.1, 0.15) is 7.43 Å². The zero-order valence-corrected chi connectivity index (χ0v) is 10.0. The molecule has 18 heteroatoms. The van der Waals surface area contributed by atoms with Crippen LogP contribution >= 0.6 is 0 Å². The average Bonchev–Trinajstić information content (AvgIpc) is 2.12. The Hall–Kier alpha value is 0.911. The van der Waals surface area contributed by atoms with Crippen LogP contribution in [0.15, 0.2) is 0 Å². The Labute approximate surface area is 167 Å². The number of ether oxygens (including phenoxy) is 1. The molecule has 23 heavy (non-hydrogen) atoms. The summed E-state index contributed by atoms with van der Waals surface area (Å²) in [7, 11) is -18.0. The van der Waals surface area contributed by atoms with Gasteiger partial charge in [0.15, 0.2) is 0 Å². The number of rotatable bonds is 0. The molecule has 0 spiro atoms. The molecule has 0 aliphatic carbocycles. The van der Waals surface area contributed by atoms with Gasteiger partial charge < -0.3 is 61.8 Å². The summed E-state index contributed by atoms with van der Waals surface area (Å²) in [5, 5.41) is 3.16. The van der Waals surface area contributed by atoms with Crippen LogP contribution in [-0.2, 0) is 4.74 Å². The maximum atomic E-state index is 9.75. The SMILES string of the molecule is C.C1COCCN1.F[B-](F)(F)F.F[B-](F)(F)F.F[B-](F)(F)F.[KH]. The summed E-state index contributed by atoms with van der Waals surface area (Å²) in [4.78, 5) is 0. The zero-order chi connectivity index (χ0) is 17.7. The molecule has 1 aliphatic rings. The molecule has 1 N–H and O–H groups in total. The van der Waals surface area contributed by atoms with Gasteiger partial charge in [-0.2, -0.15) is 0 Å². The summed E-state index contributed by atoms with van der Waals surface area (Å²) >= 11 is 0. The summed E-state index contributed by atoms with van der Waals surface area (Å²) in [6, 6.07) is 0. The summed E-state index contributed by atoms with van der Waals surface area (Å²) in [6.45, 7) is 3.83. The molecule has 142 valence electrons. The molecule has 0 aromatic heterocycles. The molecule has 1 saturated heterocycles. The number of halogens is 12. The van der Waals surface area contributed by atoms with Gasteiger partial charge in [0.2, 0.25) is 0 Å². The minimum atomic E-state index is -6.00. The molecule has 0 amide bonds. The molecule has 0 aromatic carbocycles.